The minimum Gasteiger partial charge on any atom is -0.356 e. The molecule has 2 heterocycles. The number of aryl methyl sites for hydroxylation is 2. The molecule has 0 aliphatic carbocycles. The van der Waals surface area contributed by atoms with E-state index in [-0.39, 0.29) is 0 Å². The van der Waals surface area contributed by atoms with Crippen LogP contribution in [0, 0.1) is 19.8 Å². The summed E-state index contributed by atoms with van der Waals surface area (Å²) in [6.45, 7) is 13.1. The summed E-state index contributed by atoms with van der Waals surface area (Å²) in [5, 5.41) is 8.06. The molecular formula is C18H33N5S. The van der Waals surface area contributed by atoms with Crippen LogP contribution in [0.1, 0.15) is 42.3 Å². The molecule has 1 aromatic rings. The predicted molar refractivity (Wildman–Crippen MR) is 104 cm³/mol. The maximum Gasteiger partial charge on any atom is 0.191 e. The molecule has 1 fully saturated rings. The molecule has 2 unspecified atom stereocenters. The number of thiazole rings is 1. The summed E-state index contributed by atoms with van der Waals surface area (Å²) in [6, 6.07) is 0.538. The number of guanidine groups is 1. The van der Waals surface area contributed by atoms with Crippen molar-refractivity contribution in [1.82, 2.24) is 20.5 Å². The molecule has 2 atom stereocenters. The summed E-state index contributed by atoms with van der Waals surface area (Å²) in [7, 11) is 1.83. The first kappa shape index (κ1) is 19.2. The molecule has 6 heteroatoms. The average Bonchev–Trinajstić information content (AvgIpc) is 2.88. The molecule has 1 aromatic heterocycles. The number of likely N-dealkylation sites (tertiary alicyclic amines) is 1. The van der Waals surface area contributed by atoms with Crippen LogP contribution in [0.25, 0.3) is 0 Å². The molecule has 1 aliphatic heterocycles. The molecule has 0 spiro atoms. The van der Waals surface area contributed by atoms with Gasteiger partial charge in [-0.15, -0.1) is 11.3 Å². The summed E-state index contributed by atoms with van der Waals surface area (Å²) in [5.74, 6) is 1.71. The van der Waals surface area contributed by atoms with Crippen LogP contribution in [-0.2, 0) is 6.42 Å². The van der Waals surface area contributed by atoms with Crippen molar-refractivity contribution in [3.8, 4) is 0 Å². The number of aromatic nitrogens is 1. The third-order valence-corrected chi connectivity index (χ3v) is 5.94. The standard InChI is InChI=1S/C18H33N5S/c1-13-7-6-10-23(12-13)14(2)11-21-18(19-5)20-9-8-17-22-15(3)16(4)24-17/h13-14H,6-12H2,1-5H3,(H2,19,20,21). The van der Waals surface area contributed by atoms with Gasteiger partial charge in [-0.3, -0.25) is 9.89 Å². The molecule has 24 heavy (non-hydrogen) atoms. The lowest BCUT2D eigenvalue weighted by molar-refractivity contribution is 0.139. The third kappa shape index (κ3) is 5.74. The van der Waals surface area contributed by atoms with E-state index in [1.165, 1.54) is 35.8 Å². The first-order valence-corrected chi connectivity index (χ1v) is 9.92. The first-order valence-electron chi connectivity index (χ1n) is 9.11. The molecule has 0 saturated carbocycles. The van der Waals surface area contributed by atoms with E-state index in [9.17, 15) is 0 Å². The Hall–Kier alpha value is -1.14. The van der Waals surface area contributed by atoms with Crippen molar-refractivity contribution in [2.24, 2.45) is 10.9 Å². The maximum atomic E-state index is 4.59. The van der Waals surface area contributed by atoms with Crippen molar-refractivity contribution >= 4 is 17.3 Å². The number of nitrogens with zero attached hydrogens (tertiary/aromatic N) is 3. The number of hydrogen-bond acceptors (Lipinski definition) is 4. The molecule has 0 bridgehead atoms. The van der Waals surface area contributed by atoms with E-state index in [0.29, 0.717) is 6.04 Å². The van der Waals surface area contributed by atoms with Crippen molar-refractivity contribution < 1.29 is 0 Å². The van der Waals surface area contributed by atoms with Crippen molar-refractivity contribution in [2.75, 3.05) is 33.2 Å². The van der Waals surface area contributed by atoms with E-state index in [4.69, 9.17) is 0 Å². The van der Waals surface area contributed by atoms with Gasteiger partial charge in [0.15, 0.2) is 5.96 Å². The Labute approximate surface area is 151 Å². The zero-order valence-electron chi connectivity index (χ0n) is 15.9. The van der Waals surface area contributed by atoms with Gasteiger partial charge < -0.3 is 10.6 Å². The summed E-state index contributed by atoms with van der Waals surface area (Å²) in [4.78, 5) is 12.8. The van der Waals surface area contributed by atoms with Gasteiger partial charge in [-0.1, -0.05) is 6.92 Å². The van der Waals surface area contributed by atoms with Gasteiger partial charge >= 0.3 is 0 Å². The molecular weight excluding hydrogens is 318 g/mol. The second kappa shape index (κ2) is 9.37. The summed E-state index contributed by atoms with van der Waals surface area (Å²) >= 11 is 1.79. The molecule has 2 N–H and O–H groups in total. The number of nitrogens with one attached hydrogen (secondary N) is 2. The van der Waals surface area contributed by atoms with Crippen LogP contribution >= 0.6 is 11.3 Å². The van der Waals surface area contributed by atoms with Crippen LogP contribution in [0.2, 0.25) is 0 Å². The smallest absolute Gasteiger partial charge is 0.191 e. The van der Waals surface area contributed by atoms with Gasteiger partial charge in [0.2, 0.25) is 0 Å². The summed E-state index contributed by atoms with van der Waals surface area (Å²) in [6.07, 6.45) is 3.64. The zero-order valence-corrected chi connectivity index (χ0v) is 16.7. The van der Waals surface area contributed by atoms with E-state index in [0.717, 1.165) is 37.1 Å². The van der Waals surface area contributed by atoms with Crippen molar-refractivity contribution in [3.05, 3.63) is 15.6 Å². The highest BCUT2D eigenvalue weighted by Crippen LogP contribution is 2.17. The topological polar surface area (TPSA) is 52.6 Å². The molecule has 1 aliphatic rings. The molecule has 0 aromatic carbocycles. The van der Waals surface area contributed by atoms with Crippen molar-refractivity contribution in [3.63, 3.8) is 0 Å². The number of piperidine rings is 1. The highest BCUT2D eigenvalue weighted by atomic mass is 32.1. The SMILES string of the molecule is CN=C(NCCc1nc(C)c(C)s1)NCC(C)N1CCCC(C)C1. The normalized spacial score (nSPS) is 20.9. The molecule has 0 radical (unpaired) electrons. The minimum absolute atomic E-state index is 0.538. The third-order valence-electron chi connectivity index (χ3n) is 4.80. The second-order valence-electron chi connectivity index (χ2n) is 6.97. The van der Waals surface area contributed by atoms with Crippen LogP contribution in [0.15, 0.2) is 4.99 Å². The van der Waals surface area contributed by atoms with E-state index >= 15 is 0 Å². The number of aliphatic imine (C=N–C) groups is 1. The van der Waals surface area contributed by atoms with Gasteiger partial charge in [-0.05, 0) is 46.1 Å². The average molecular weight is 352 g/mol. The molecule has 2 rings (SSSR count). The maximum absolute atomic E-state index is 4.59. The number of hydrogen-bond donors (Lipinski definition) is 2. The monoisotopic (exact) mass is 351 g/mol. The van der Waals surface area contributed by atoms with E-state index in [1.807, 2.05) is 7.05 Å². The number of rotatable bonds is 6. The Morgan fingerprint density at radius 3 is 2.83 bits per heavy atom. The predicted octanol–water partition coefficient (Wildman–Crippen LogP) is 2.59. The van der Waals surface area contributed by atoms with Crippen LogP contribution < -0.4 is 10.6 Å². The Bertz CT molecular complexity index is 520. The lowest BCUT2D eigenvalue weighted by Crippen LogP contribution is -2.48. The molecule has 136 valence electrons. The van der Waals surface area contributed by atoms with Crippen LogP contribution in [0.3, 0.4) is 0 Å². The summed E-state index contributed by atoms with van der Waals surface area (Å²) < 4.78 is 0. The van der Waals surface area contributed by atoms with Gasteiger partial charge in [-0.25, -0.2) is 4.98 Å². The Morgan fingerprint density at radius 2 is 2.21 bits per heavy atom. The van der Waals surface area contributed by atoms with Gasteiger partial charge in [0.25, 0.3) is 0 Å². The van der Waals surface area contributed by atoms with Gasteiger partial charge in [0.1, 0.15) is 0 Å². The lowest BCUT2D eigenvalue weighted by atomic mass is 9.99. The Morgan fingerprint density at radius 1 is 1.42 bits per heavy atom. The highest BCUT2D eigenvalue weighted by Gasteiger charge is 2.20. The van der Waals surface area contributed by atoms with Gasteiger partial charge in [-0.2, -0.15) is 0 Å². The van der Waals surface area contributed by atoms with E-state index in [2.05, 4.69) is 53.2 Å². The Balaban J connectivity index is 1.70. The quantitative estimate of drug-likeness (QED) is 0.611. The fraction of sp³-hybridized carbons (Fsp3) is 0.778. The molecule has 0 amide bonds. The minimum atomic E-state index is 0.538. The van der Waals surface area contributed by atoms with E-state index < -0.39 is 0 Å². The van der Waals surface area contributed by atoms with Crippen molar-refractivity contribution in [2.45, 2.75) is 53.0 Å². The van der Waals surface area contributed by atoms with Crippen LogP contribution in [0.4, 0.5) is 0 Å². The van der Waals surface area contributed by atoms with Crippen LogP contribution in [0.5, 0.6) is 0 Å². The van der Waals surface area contributed by atoms with Gasteiger partial charge in [0.05, 0.1) is 10.7 Å². The molecule has 1 saturated heterocycles. The zero-order chi connectivity index (χ0) is 17.5. The van der Waals surface area contributed by atoms with Crippen molar-refractivity contribution in [1.29, 1.82) is 0 Å². The fourth-order valence-corrected chi connectivity index (χ4v) is 4.09. The van der Waals surface area contributed by atoms with Crippen LogP contribution in [-0.4, -0.2) is 55.1 Å². The highest BCUT2D eigenvalue weighted by molar-refractivity contribution is 7.11. The lowest BCUT2D eigenvalue weighted by Gasteiger charge is -2.35. The molecule has 5 nitrogen and oxygen atoms in total. The summed E-state index contributed by atoms with van der Waals surface area (Å²) in [5.41, 5.74) is 1.15. The second-order valence-corrected chi connectivity index (χ2v) is 8.26. The first-order chi connectivity index (χ1) is 11.5. The fourth-order valence-electron chi connectivity index (χ4n) is 3.15. The van der Waals surface area contributed by atoms with Gasteiger partial charge in [0, 0.05) is 44.0 Å². The Kier molecular flexibility index (Phi) is 7.49. The van der Waals surface area contributed by atoms with E-state index in [1.54, 1.807) is 11.3 Å². The largest absolute Gasteiger partial charge is 0.356 e.